The Hall–Kier alpha value is -2.28. The highest BCUT2D eigenvalue weighted by atomic mass is 19.2. The van der Waals surface area contributed by atoms with Crippen molar-refractivity contribution in [2.24, 2.45) is 7.05 Å². The molecule has 2 unspecified atom stereocenters. The summed E-state index contributed by atoms with van der Waals surface area (Å²) in [5.41, 5.74) is 0.945. The number of hydrogen-bond donors (Lipinski definition) is 1. The molecule has 2 aliphatic rings. The van der Waals surface area contributed by atoms with Crippen LogP contribution in [0, 0.1) is 11.6 Å². The zero-order chi connectivity index (χ0) is 18.3. The number of rotatable bonds is 4. The van der Waals surface area contributed by atoms with Crippen LogP contribution in [0.25, 0.3) is 0 Å². The molecule has 1 N–H and O–H groups in total. The molecular formula is C19H22F2N4O. The summed E-state index contributed by atoms with van der Waals surface area (Å²) in [5.74, 6) is -1.66. The van der Waals surface area contributed by atoms with E-state index in [-0.39, 0.29) is 24.0 Å². The molecular weight excluding hydrogens is 338 g/mol. The summed E-state index contributed by atoms with van der Waals surface area (Å²) in [5, 5.41) is 7.14. The highest BCUT2D eigenvalue weighted by Crippen LogP contribution is 2.37. The number of aryl methyl sites for hydroxylation is 1. The molecule has 4 rings (SSSR count). The van der Waals surface area contributed by atoms with Gasteiger partial charge in [-0.1, -0.05) is 12.1 Å². The van der Waals surface area contributed by atoms with E-state index in [0.717, 1.165) is 31.7 Å². The Bertz CT molecular complexity index is 808. The van der Waals surface area contributed by atoms with Crippen molar-refractivity contribution >= 4 is 5.91 Å². The van der Waals surface area contributed by atoms with E-state index in [1.807, 2.05) is 0 Å². The smallest absolute Gasteiger partial charge is 0.269 e. The number of fused-ring (bicyclic) bond motifs is 2. The van der Waals surface area contributed by atoms with Crippen LogP contribution in [-0.2, 0) is 13.6 Å². The highest BCUT2D eigenvalue weighted by Gasteiger charge is 2.41. The van der Waals surface area contributed by atoms with Crippen LogP contribution in [0.3, 0.4) is 0 Å². The number of hydrogen-bond acceptors (Lipinski definition) is 3. The molecule has 7 heteroatoms. The number of nitrogens with zero attached hydrogens (tertiary/aromatic N) is 3. The predicted octanol–water partition coefficient (Wildman–Crippen LogP) is 2.62. The summed E-state index contributed by atoms with van der Waals surface area (Å²) >= 11 is 0. The minimum atomic E-state index is -0.798. The zero-order valence-electron chi connectivity index (χ0n) is 14.7. The van der Waals surface area contributed by atoms with Crippen molar-refractivity contribution in [1.29, 1.82) is 0 Å². The molecule has 0 saturated carbocycles. The fourth-order valence-electron chi connectivity index (χ4n) is 4.37. The second-order valence-corrected chi connectivity index (χ2v) is 7.25. The quantitative estimate of drug-likeness (QED) is 0.912. The van der Waals surface area contributed by atoms with E-state index in [0.29, 0.717) is 17.8 Å². The predicted molar refractivity (Wildman–Crippen MR) is 92.4 cm³/mol. The van der Waals surface area contributed by atoms with E-state index in [4.69, 9.17) is 0 Å². The second-order valence-electron chi connectivity index (χ2n) is 7.25. The van der Waals surface area contributed by atoms with E-state index in [1.165, 1.54) is 0 Å². The Morgan fingerprint density at radius 1 is 1.23 bits per heavy atom. The molecule has 5 nitrogen and oxygen atoms in total. The Labute approximate surface area is 151 Å². The first-order valence-electron chi connectivity index (χ1n) is 9.00. The topological polar surface area (TPSA) is 50.2 Å². The lowest BCUT2D eigenvalue weighted by atomic mass is 9.96. The number of nitrogens with one attached hydrogen (secondary N) is 1. The van der Waals surface area contributed by atoms with Crippen LogP contribution in [0.1, 0.15) is 41.7 Å². The molecule has 2 saturated heterocycles. The van der Waals surface area contributed by atoms with Crippen LogP contribution in [0.5, 0.6) is 0 Å². The first-order valence-corrected chi connectivity index (χ1v) is 9.00. The van der Waals surface area contributed by atoms with Crippen LogP contribution < -0.4 is 5.32 Å². The van der Waals surface area contributed by atoms with Crippen molar-refractivity contribution in [3.63, 3.8) is 0 Å². The van der Waals surface area contributed by atoms with Crippen molar-refractivity contribution in [2.45, 2.75) is 50.4 Å². The number of halogens is 2. The van der Waals surface area contributed by atoms with Gasteiger partial charge >= 0.3 is 0 Å². The number of piperidine rings is 1. The number of carbonyl (C=O) groups is 1. The number of aromatic nitrogens is 2. The summed E-state index contributed by atoms with van der Waals surface area (Å²) in [7, 11) is 1.74. The Morgan fingerprint density at radius 2 is 1.96 bits per heavy atom. The molecule has 1 aromatic carbocycles. The number of carbonyl (C=O) groups excluding carboxylic acids is 1. The van der Waals surface area contributed by atoms with Crippen LogP contribution in [0.15, 0.2) is 30.5 Å². The van der Waals surface area contributed by atoms with E-state index >= 15 is 0 Å². The SMILES string of the molecule is Cn1nccc1C(=O)NC1CC2CCC(C1)N2Cc1cccc(F)c1F. The molecule has 138 valence electrons. The first kappa shape index (κ1) is 17.1. The van der Waals surface area contributed by atoms with Crippen molar-refractivity contribution < 1.29 is 13.6 Å². The summed E-state index contributed by atoms with van der Waals surface area (Å²) in [6.45, 7) is 0.418. The average Bonchev–Trinajstić information content (AvgIpc) is 3.13. The molecule has 3 heterocycles. The van der Waals surface area contributed by atoms with E-state index < -0.39 is 11.6 Å². The maximum atomic E-state index is 14.0. The van der Waals surface area contributed by atoms with Crippen molar-refractivity contribution in [3.05, 3.63) is 53.4 Å². The van der Waals surface area contributed by atoms with Gasteiger partial charge in [-0.15, -0.1) is 0 Å². The third-order valence-corrected chi connectivity index (χ3v) is 5.66. The maximum absolute atomic E-state index is 14.0. The first-order chi connectivity index (χ1) is 12.5. The van der Waals surface area contributed by atoms with Crippen molar-refractivity contribution in [2.75, 3.05) is 0 Å². The van der Waals surface area contributed by atoms with Crippen molar-refractivity contribution in [1.82, 2.24) is 20.0 Å². The van der Waals surface area contributed by atoms with Gasteiger partial charge in [-0.3, -0.25) is 14.4 Å². The van der Waals surface area contributed by atoms with E-state index in [2.05, 4.69) is 15.3 Å². The molecule has 2 aliphatic heterocycles. The van der Waals surface area contributed by atoms with Gasteiger partial charge in [-0.05, 0) is 37.8 Å². The molecule has 2 fully saturated rings. The van der Waals surface area contributed by atoms with Gasteiger partial charge in [0.1, 0.15) is 5.69 Å². The summed E-state index contributed by atoms with van der Waals surface area (Å²) in [6, 6.07) is 6.72. The van der Waals surface area contributed by atoms with Gasteiger partial charge in [-0.2, -0.15) is 5.10 Å². The van der Waals surface area contributed by atoms with Gasteiger partial charge in [0.15, 0.2) is 11.6 Å². The van der Waals surface area contributed by atoms with Gasteiger partial charge in [0, 0.05) is 43.5 Å². The molecule has 2 aromatic rings. The lowest BCUT2D eigenvalue weighted by Crippen LogP contribution is -2.50. The average molecular weight is 360 g/mol. The van der Waals surface area contributed by atoms with E-state index in [1.54, 1.807) is 36.1 Å². The molecule has 1 aromatic heterocycles. The molecule has 2 bridgehead atoms. The van der Waals surface area contributed by atoms with Crippen LogP contribution >= 0.6 is 0 Å². The monoisotopic (exact) mass is 360 g/mol. The normalized spacial score (nSPS) is 25.4. The molecule has 2 atom stereocenters. The lowest BCUT2D eigenvalue weighted by molar-refractivity contribution is 0.0816. The Balaban J connectivity index is 1.42. The van der Waals surface area contributed by atoms with Gasteiger partial charge in [-0.25, -0.2) is 8.78 Å². The standard InChI is InChI=1S/C19H22F2N4O/c1-24-17(7-8-22-24)19(26)23-13-9-14-5-6-15(10-13)25(14)11-12-3-2-4-16(20)18(12)21/h2-4,7-8,13-15H,5-6,9-11H2,1H3,(H,23,26). The molecule has 1 amide bonds. The Morgan fingerprint density at radius 3 is 2.62 bits per heavy atom. The summed E-state index contributed by atoms with van der Waals surface area (Å²) < 4.78 is 29.0. The van der Waals surface area contributed by atoms with Gasteiger partial charge in [0.05, 0.1) is 0 Å². The summed E-state index contributed by atoms with van der Waals surface area (Å²) in [4.78, 5) is 14.7. The minimum Gasteiger partial charge on any atom is -0.348 e. The molecule has 0 spiro atoms. The van der Waals surface area contributed by atoms with E-state index in [9.17, 15) is 13.6 Å². The van der Waals surface area contributed by atoms with Gasteiger partial charge < -0.3 is 5.32 Å². The summed E-state index contributed by atoms with van der Waals surface area (Å²) in [6.07, 6.45) is 5.32. The lowest BCUT2D eigenvalue weighted by Gasteiger charge is -2.39. The number of benzene rings is 1. The number of amides is 1. The Kier molecular flexibility index (Phi) is 4.48. The largest absolute Gasteiger partial charge is 0.348 e. The van der Waals surface area contributed by atoms with Crippen LogP contribution in [0.2, 0.25) is 0 Å². The molecule has 26 heavy (non-hydrogen) atoms. The highest BCUT2D eigenvalue weighted by molar-refractivity contribution is 5.92. The zero-order valence-corrected chi connectivity index (χ0v) is 14.7. The molecule has 0 aliphatic carbocycles. The van der Waals surface area contributed by atoms with Gasteiger partial charge in [0.25, 0.3) is 5.91 Å². The minimum absolute atomic E-state index is 0.100. The maximum Gasteiger partial charge on any atom is 0.269 e. The second kappa shape index (κ2) is 6.79. The van der Waals surface area contributed by atoms with Crippen molar-refractivity contribution in [3.8, 4) is 0 Å². The fraction of sp³-hybridized carbons (Fsp3) is 0.474. The fourth-order valence-corrected chi connectivity index (χ4v) is 4.37. The van der Waals surface area contributed by atoms with Crippen LogP contribution in [-0.4, -0.2) is 38.7 Å². The third kappa shape index (κ3) is 3.11. The molecule has 0 radical (unpaired) electrons. The van der Waals surface area contributed by atoms with Gasteiger partial charge in [0.2, 0.25) is 0 Å². The third-order valence-electron chi connectivity index (χ3n) is 5.66. The van der Waals surface area contributed by atoms with Crippen LogP contribution in [0.4, 0.5) is 8.78 Å².